The van der Waals surface area contributed by atoms with Crippen LogP contribution in [0.1, 0.15) is 41.9 Å². The SMILES string of the molecule is O=C1Nc2ccc(F)cc2C2(CCN(CCC(C(=O)NCc3ccc(Cl)cc3)c3ccc(F)cc3)CC2)O1. The Morgan fingerprint density at radius 2 is 1.71 bits per heavy atom. The number of piperidine rings is 1. The Morgan fingerprint density at radius 1 is 1.03 bits per heavy atom. The molecule has 1 unspecified atom stereocenters. The number of hydrogen-bond donors (Lipinski definition) is 2. The molecule has 3 aromatic carbocycles. The minimum absolute atomic E-state index is 0.142. The largest absolute Gasteiger partial charge is 0.438 e. The summed E-state index contributed by atoms with van der Waals surface area (Å²) < 4.78 is 33.3. The number of halogens is 3. The highest BCUT2D eigenvalue weighted by Crippen LogP contribution is 2.43. The Hall–Kier alpha value is -3.49. The highest BCUT2D eigenvalue weighted by molar-refractivity contribution is 6.30. The number of anilines is 1. The summed E-state index contributed by atoms with van der Waals surface area (Å²) in [7, 11) is 0. The average Bonchev–Trinajstić information content (AvgIpc) is 2.91. The van der Waals surface area contributed by atoms with Crippen LogP contribution in [0, 0.1) is 11.6 Å². The van der Waals surface area contributed by atoms with Crippen LogP contribution in [0.3, 0.4) is 0 Å². The zero-order chi connectivity index (χ0) is 26.7. The number of nitrogens with zero attached hydrogens (tertiary/aromatic N) is 1. The molecule has 0 saturated carbocycles. The Morgan fingerprint density at radius 3 is 2.42 bits per heavy atom. The van der Waals surface area contributed by atoms with Gasteiger partial charge in [-0.25, -0.2) is 13.6 Å². The minimum Gasteiger partial charge on any atom is -0.438 e. The summed E-state index contributed by atoms with van der Waals surface area (Å²) in [6.45, 7) is 2.21. The summed E-state index contributed by atoms with van der Waals surface area (Å²) in [6.07, 6.45) is 1.02. The van der Waals surface area contributed by atoms with Crippen molar-refractivity contribution in [3.63, 3.8) is 0 Å². The van der Waals surface area contributed by atoms with Crippen LogP contribution in [0.2, 0.25) is 5.02 Å². The lowest BCUT2D eigenvalue weighted by molar-refractivity contribution is -0.123. The number of nitrogens with one attached hydrogen (secondary N) is 2. The molecule has 2 heterocycles. The fraction of sp³-hybridized carbons (Fsp3) is 0.310. The van der Waals surface area contributed by atoms with Gasteiger partial charge in [0.2, 0.25) is 5.91 Å². The van der Waals surface area contributed by atoms with E-state index in [0.717, 1.165) is 11.1 Å². The van der Waals surface area contributed by atoms with E-state index in [1.165, 1.54) is 24.3 Å². The van der Waals surface area contributed by atoms with Gasteiger partial charge in [-0.15, -0.1) is 0 Å². The van der Waals surface area contributed by atoms with Crippen molar-refractivity contribution in [1.82, 2.24) is 10.2 Å². The third kappa shape index (κ3) is 5.81. The minimum atomic E-state index is -0.872. The van der Waals surface area contributed by atoms with E-state index in [1.54, 1.807) is 30.3 Å². The van der Waals surface area contributed by atoms with Gasteiger partial charge in [0.05, 0.1) is 11.6 Å². The summed E-state index contributed by atoms with van der Waals surface area (Å²) in [4.78, 5) is 27.6. The molecule has 38 heavy (non-hydrogen) atoms. The molecule has 1 fully saturated rings. The molecule has 198 valence electrons. The molecular weight excluding hydrogens is 512 g/mol. The summed E-state index contributed by atoms with van der Waals surface area (Å²) in [5.41, 5.74) is 2.02. The van der Waals surface area contributed by atoms with Crippen molar-refractivity contribution < 1.29 is 23.1 Å². The molecule has 2 amide bonds. The quantitative estimate of drug-likeness (QED) is 0.388. The number of carbonyl (C=O) groups excluding carboxylic acids is 2. The van der Waals surface area contributed by atoms with Gasteiger partial charge in [-0.05, 0) is 66.6 Å². The van der Waals surface area contributed by atoms with E-state index in [-0.39, 0.29) is 17.5 Å². The maximum Gasteiger partial charge on any atom is 0.412 e. The van der Waals surface area contributed by atoms with E-state index in [9.17, 15) is 18.4 Å². The van der Waals surface area contributed by atoms with Crippen LogP contribution in [-0.4, -0.2) is 36.5 Å². The van der Waals surface area contributed by atoms with Crippen LogP contribution < -0.4 is 10.6 Å². The third-order valence-corrected chi connectivity index (χ3v) is 7.62. The zero-order valence-corrected chi connectivity index (χ0v) is 21.4. The summed E-state index contributed by atoms with van der Waals surface area (Å²) in [5.74, 6) is -1.34. The molecule has 5 rings (SSSR count). The Labute approximate surface area is 224 Å². The van der Waals surface area contributed by atoms with Gasteiger partial charge in [0, 0.05) is 43.1 Å². The number of likely N-dealkylation sites (tertiary alicyclic amines) is 1. The summed E-state index contributed by atoms with van der Waals surface area (Å²) >= 11 is 5.95. The first-order chi connectivity index (χ1) is 18.3. The predicted molar refractivity (Wildman–Crippen MR) is 141 cm³/mol. The van der Waals surface area contributed by atoms with Crippen molar-refractivity contribution in [2.24, 2.45) is 0 Å². The van der Waals surface area contributed by atoms with Crippen molar-refractivity contribution in [2.45, 2.75) is 37.3 Å². The summed E-state index contributed by atoms with van der Waals surface area (Å²) in [6, 6.07) is 17.6. The van der Waals surface area contributed by atoms with Gasteiger partial charge in [-0.2, -0.15) is 0 Å². The van der Waals surface area contributed by atoms with E-state index >= 15 is 0 Å². The molecule has 2 aliphatic heterocycles. The lowest BCUT2D eigenvalue weighted by Crippen LogP contribution is -2.48. The number of carbonyl (C=O) groups is 2. The molecular formula is C29H28ClF2N3O3. The Balaban J connectivity index is 1.24. The first-order valence-corrected chi connectivity index (χ1v) is 13.0. The van der Waals surface area contributed by atoms with Crippen molar-refractivity contribution in [1.29, 1.82) is 0 Å². The molecule has 1 atom stereocenters. The number of hydrogen-bond acceptors (Lipinski definition) is 4. The van der Waals surface area contributed by atoms with Crippen molar-refractivity contribution in [2.75, 3.05) is 25.0 Å². The molecule has 0 aliphatic carbocycles. The molecule has 1 spiro atoms. The molecule has 9 heteroatoms. The van der Waals surface area contributed by atoms with Crippen LogP contribution in [0.15, 0.2) is 66.7 Å². The Kier molecular flexibility index (Phi) is 7.63. The third-order valence-electron chi connectivity index (χ3n) is 7.36. The molecule has 0 bridgehead atoms. The van der Waals surface area contributed by atoms with Gasteiger partial charge in [0.25, 0.3) is 0 Å². The molecule has 0 aromatic heterocycles. The van der Waals surface area contributed by atoms with Crippen molar-refractivity contribution in [3.8, 4) is 0 Å². The van der Waals surface area contributed by atoms with Gasteiger partial charge in [0.15, 0.2) is 0 Å². The topological polar surface area (TPSA) is 70.7 Å². The highest BCUT2D eigenvalue weighted by atomic mass is 35.5. The van der Waals surface area contributed by atoms with Gasteiger partial charge in [-0.3, -0.25) is 10.1 Å². The zero-order valence-electron chi connectivity index (χ0n) is 20.7. The number of fused-ring (bicyclic) bond motifs is 2. The second-order valence-electron chi connectivity index (χ2n) is 9.78. The molecule has 1 saturated heterocycles. The maximum atomic E-state index is 14.0. The molecule has 2 aliphatic rings. The number of ether oxygens (including phenoxy) is 1. The van der Waals surface area contributed by atoms with Crippen molar-refractivity contribution in [3.05, 3.63) is 100 Å². The van der Waals surface area contributed by atoms with Gasteiger partial charge < -0.3 is 15.0 Å². The van der Waals surface area contributed by atoms with Crippen LogP contribution in [0.4, 0.5) is 19.3 Å². The monoisotopic (exact) mass is 539 g/mol. The highest BCUT2D eigenvalue weighted by Gasteiger charge is 2.44. The number of rotatable bonds is 7. The summed E-state index contributed by atoms with van der Waals surface area (Å²) in [5, 5.41) is 6.27. The van der Waals surface area contributed by atoms with E-state index < -0.39 is 17.6 Å². The second kappa shape index (κ2) is 11.1. The van der Waals surface area contributed by atoms with Gasteiger partial charge in [-0.1, -0.05) is 35.9 Å². The second-order valence-corrected chi connectivity index (χ2v) is 10.2. The Bertz CT molecular complexity index is 1310. The van der Waals surface area contributed by atoms with E-state index in [4.69, 9.17) is 16.3 Å². The van der Waals surface area contributed by atoms with Crippen LogP contribution in [0.5, 0.6) is 0 Å². The maximum absolute atomic E-state index is 14.0. The predicted octanol–water partition coefficient (Wildman–Crippen LogP) is 5.96. The molecule has 0 radical (unpaired) electrons. The first-order valence-electron chi connectivity index (χ1n) is 12.6. The van der Waals surface area contributed by atoms with E-state index in [0.29, 0.717) is 61.7 Å². The lowest BCUT2D eigenvalue weighted by atomic mass is 9.82. The smallest absolute Gasteiger partial charge is 0.412 e. The number of amides is 2. The fourth-order valence-electron chi connectivity index (χ4n) is 5.25. The van der Waals surface area contributed by atoms with E-state index in [2.05, 4.69) is 15.5 Å². The number of benzene rings is 3. The van der Waals surface area contributed by atoms with E-state index in [1.807, 2.05) is 12.1 Å². The average molecular weight is 540 g/mol. The van der Waals surface area contributed by atoms with Crippen LogP contribution in [0.25, 0.3) is 0 Å². The first kappa shape index (κ1) is 26.1. The molecule has 2 N–H and O–H groups in total. The molecule has 6 nitrogen and oxygen atoms in total. The van der Waals surface area contributed by atoms with Crippen LogP contribution >= 0.6 is 11.6 Å². The van der Waals surface area contributed by atoms with Crippen molar-refractivity contribution >= 4 is 29.3 Å². The van der Waals surface area contributed by atoms with Crippen LogP contribution in [-0.2, 0) is 21.7 Å². The standard InChI is InChI=1S/C29H28ClF2N3O3/c30-21-5-1-19(2-6-21)18-33-27(36)24(20-3-7-22(31)8-4-20)11-14-35-15-12-29(13-16-35)25-17-23(32)9-10-26(25)34-28(37)38-29/h1-10,17,24H,11-16,18H2,(H,33,36)(H,34,37). The fourth-order valence-corrected chi connectivity index (χ4v) is 5.38. The van der Waals surface area contributed by atoms with Gasteiger partial charge >= 0.3 is 6.09 Å². The molecule has 3 aromatic rings. The van der Waals surface area contributed by atoms with Gasteiger partial charge in [0.1, 0.15) is 17.2 Å². The lowest BCUT2D eigenvalue weighted by Gasteiger charge is -2.44. The normalized spacial score (nSPS) is 17.3.